The van der Waals surface area contributed by atoms with Gasteiger partial charge in [0.15, 0.2) is 5.11 Å². The Labute approximate surface area is 104 Å². The molecule has 0 atom stereocenters. The van der Waals surface area contributed by atoms with E-state index in [-0.39, 0.29) is 12.5 Å². The third kappa shape index (κ3) is 2.03. The van der Waals surface area contributed by atoms with Crippen LogP contribution in [0.3, 0.4) is 0 Å². The Hall–Kier alpha value is -1.82. The minimum atomic E-state index is -0.110. The van der Waals surface area contributed by atoms with Gasteiger partial charge in [0.05, 0.1) is 26.5 Å². The Kier molecular flexibility index (Phi) is 3.14. The highest BCUT2D eigenvalue weighted by atomic mass is 32.1. The molecule has 6 heteroatoms. The Bertz CT molecular complexity index is 460. The lowest BCUT2D eigenvalue weighted by atomic mass is 10.2. The van der Waals surface area contributed by atoms with E-state index in [1.54, 1.807) is 32.4 Å². The lowest BCUT2D eigenvalue weighted by Gasteiger charge is -2.18. The zero-order chi connectivity index (χ0) is 12.4. The molecule has 1 amide bonds. The number of thiocarbonyl (C=S) groups is 1. The summed E-state index contributed by atoms with van der Waals surface area (Å²) in [5, 5.41) is 3.19. The quantitative estimate of drug-likeness (QED) is 0.811. The van der Waals surface area contributed by atoms with Crippen LogP contribution in [0.25, 0.3) is 0 Å². The molecule has 5 nitrogen and oxygen atoms in total. The summed E-state index contributed by atoms with van der Waals surface area (Å²) in [4.78, 5) is 13.1. The van der Waals surface area contributed by atoms with E-state index < -0.39 is 0 Å². The van der Waals surface area contributed by atoms with Crippen molar-refractivity contribution in [2.75, 3.05) is 25.7 Å². The molecule has 1 heterocycles. The first-order valence-corrected chi connectivity index (χ1v) is 5.41. The topological polar surface area (TPSA) is 50.8 Å². The Morgan fingerprint density at radius 3 is 2.65 bits per heavy atom. The van der Waals surface area contributed by atoms with E-state index in [1.165, 1.54) is 4.90 Å². The number of amides is 1. The van der Waals surface area contributed by atoms with Gasteiger partial charge in [0.2, 0.25) is 0 Å². The summed E-state index contributed by atoms with van der Waals surface area (Å²) in [5.74, 6) is 1.11. The molecule has 2 rings (SSSR count). The van der Waals surface area contributed by atoms with Gasteiger partial charge in [-0.05, 0) is 24.4 Å². The van der Waals surface area contributed by atoms with Gasteiger partial charge >= 0.3 is 0 Å². The van der Waals surface area contributed by atoms with Crippen molar-refractivity contribution in [3.63, 3.8) is 0 Å². The van der Waals surface area contributed by atoms with Gasteiger partial charge < -0.3 is 14.8 Å². The number of benzene rings is 1. The zero-order valence-corrected chi connectivity index (χ0v) is 10.3. The van der Waals surface area contributed by atoms with Crippen molar-refractivity contribution < 1.29 is 14.3 Å². The molecule has 90 valence electrons. The van der Waals surface area contributed by atoms with Crippen LogP contribution in [-0.2, 0) is 4.79 Å². The molecule has 0 radical (unpaired) electrons. The van der Waals surface area contributed by atoms with Crippen molar-refractivity contribution in [2.45, 2.75) is 0 Å². The third-order valence-corrected chi connectivity index (χ3v) is 2.80. The maximum Gasteiger partial charge on any atom is 0.252 e. The number of anilines is 1. The van der Waals surface area contributed by atoms with Crippen LogP contribution in [-0.4, -0.2) is 31.8 Å². The summed E-state index contributed by atoms with van der Waals surface area (Å²) in [6.45, 7) is 0.208. The number of ether oxygens (including phenoxy) is 2. The van der Waals surface area contributed by atoms with Crippen LogP contribution in [0.1, 0.15) is 0 Å². The van der Waals surface area contributed by atoms with Gasteiger partial charge in [0.1, 0.15) is 11.5 Å². The summed E-state index contributed by atoms with van der Waals surface area (Å²) in [7, 11) is 3.11. The first-order chi connectivity index (χ1) is 8.17. The van der Waals surface area contributed by atoms with Crippen LogP contribution in [0.15, 0.2) is 18.2 Å². The number of hydrogen-bond donors (Lipinski definition) is 1. The maximum absolute atomic E-state index is 11.7. The van der Waals surface area contributed by atoms with E-state index in [2.05, 4.69) is 5.32 Å². The summed E-state index contributed by atoms with van der Waals surface area (Å²) >= 11 is 5.08. The van der Waals surface area contributed by atoms with Gasteiger partial charge in [0, 0.05) is 6.07 Å². The molecular formula is C11H12N2O3S. The number of hydrogen-bond acceptors (Lipinski definition) is 4. The second-order valence-corrected chi connectivity index (χ2v) is 3.81. The summed E-state index contributed by atoms with van der Waals surface area (Å²) in [5.41, 5.74) is 0.590. The van der Waals surface area contributed by atoms with Crippen molar-refractivity contribution >= 4 is 28.9 Å². The predicted octanol–water partition coefficient (Wildman–Crippen LogP) is 0.925. The van der Waals surface area contributed by atoms with Crippen LogP contribution >= 0.6 is 12.2 Å². The first-order valence-electron chi connectivity index (χ1n) is 5.00. The van der Waals surface area contributed by atoms with Crippen LogP contribution in [0.2, 0.25) is 0 Å². The summed E-state index contributed by atoms with van der Waals surface area (Å²) in [6, 6.07) is 5.22. The van der Waals surface area contributed by atoms with E-state index in [0.717, 1.165) is 0 Å². The van der Waals surface area contributed by atoms with Crippen molar-refractivity contribution in [2.24, 2.45) is 0 Å². The van der Waals surface area contributed by atoms with E-state index in [1.807, 2.05) is 0 Å². The van der Waals surface area contributed by atoms with E-state index in [9.17, 15) is 4.79 Å². The summed E-state index contributed by atoms with van der Waals surface area (Å²) in [6.07, 6.45) is 0. The molecule has 1 aromatic carbocycles. The normalized spacial score (nSPS) is 14.8. The van der Waals surface area contributed by atoms with Crippen LogP contribution in [0.4, 0.5) is 5.69 Å². The van der Waals surface area contributed by atoms with E-state index >= 15 is 0 Å². The predicted molar refractivity (Wildman–Crippen MR) is 67.6 cm³/mol. The average Bonchev–Trinajstić information content (AvgIpc) is 2.68. The molecule has 0 saturated carbocycles. The minimum Gasteiger partial charge on any atom is -0.497 e. The number of nitrogens with one attached hydrogen (secondary N) is 1. The Balaban J connectivity index is 2.48. The maximum atomic E-state index is 11.7. The molecular weight excluding hydrogens is 240 g/mol. The number of rotatable bonds is 3. The average molecular weight is 252 g/mol. The molecule has 0 aliphatic carbocycles. The second kappa shape index (κ2) is 4.58. The van der Waals surface area contributed by atoms with Crippen molar-refractivity contribution in [1.29, 1.82) is 0 Å². The highest BCUT2D eigenvalue weighted by Gasteiger charge is 2.29. The molecule has 1 N–H and O–H groups in total. The molecule has 1 fully saturated rings. The van der Waals surface area contributed by atoms with Gasteiger partial charge in [-0.25, -0.2) is 0 Å². The standard InChI is InChI=1S/C11H12N2O3S/c1-15-7-3-4-9(16-2)8(5-7)13-10(14)6-12-11(13)17/h3-5H,6H2,1-2H3,(H,12,17). The molecule has 0 bridgehead atoms. The summed E-state index contributed by atoms with van der Waals surface area (Å²) < 4.78 is 10.3. The van der Waals surface area contributed by atoms with Crippen molar-refractivity contribution in [3.8, 4) is 11.5 Å². The monoisotopic (exact) mass is 252 g/mol. The molecule has 1 aliphatic rings. The molecule has 0 aromatic heterocycles. The van der Waals surface area contributed by atoms with Crippen molar-refractivity contribution in [1.82, 2.24) is 5.32 Å². The number of carbonyl (C=O) groups is 1. The van der Waals surface area contributed by atoms with Crippen LogP contribution < -0.4 is 19.7 Å². The third-order valence-electron chi connectivity index (χ3n) is 2.47. The first kappa shape index (κ1) is 11.7. The van der Waals surface area contributed by atoms with E-state index in [0.29, 0.717) is 22.3 Å². The molecule has 1 saturated heterocycles. The van der Waals surface area contributed by atoms with E-state index in [4.69, 9.17) is 21.7 Å². The lowest BCUT2D eigenvalue weighted by molar-refractivity contribution is -0.115. The molecule has 1 aliphatic heterocycles. The van der Waals surface area contributed by atoms with Gasteiger partial charge in [-0.1, -0.05) is 0 Å². The van der Waals surface area contributed by atoms with Crippen molar-refractivity contribution in [3.05, 3.63) is 18.2 Å². The minimum absolute atomic E-state index is 0.110. The van der Waals surface area contributed by atoms with Gasteiger partial charge in [-0.3, -0.25) is 9.69 Å². The Morgan fingerprint density at radius 2 is 2.12 bits per heavy atom. The largest absolute Gasteiger partial charge is 0.497 e. The molecule has 0 unspecified atom stereocenters. The Morgan fingerprint density at radius 1 is 1.35 bits per heavy atom. The number of methoxy groups -OCH3 is 2. The van der Waals surface area contributed by atoms with Gasteiger partial charge in [0.25, 0.3) is 5.91 Å². The highest BCUT2D eigenvalue weighted by Crippen LogP contribution is 2.33. The zero-order valence-electron chi connectivity index (χ0n) is 9.52. The molecule has 1 aromatic rings. The fourth-order valence-corrected chi connectivity index (χ4v) is 1.91. The van der Waals surface area contributed by atoms with Gasteiger partial charge in [-0.2, -0.15) is 0 Å². The number of nitrogens with zero attached hydrogens (tertiary/aromatic N) is 1. The number of carbonyl (C=O) groups excluding carboxylic acids is 1. The van der Waals surface area contributed by atoms with Crippen LogP contribution in [0.5, 0.6) is 11.5 Å². The van der Waals surface area contributed by atoms with Gasteiger partial charge in [-0.15, -0.1) is 0 Å². The molecule has 0 spiro atoms. The lowest BCUT2D eigenvalue weighted by Crippen LogP contribution is -2.30. The fourth-order valence-electron chi connectivity index (χ4n) is 1.64. The smallest absolute Gasteiger partial charge is 0.252 e. The second-order valence-electron chi connectivity index (χ2n) is 3.43. The highest BCUT2D eigenvalue weighted by molar-refractivity contribution is 7.80. The SMILES string of the molecule is COc1ccc(OC)c(N2C(=O)CNC2=S)c1. The van der Waals surface area contributed by atoms with Crippen LogP contribution in [0, 0.1) is 0 Å². The molecule has 17 heavy (non-hydrogen) atoms. The fraction of sp³-hybridized carbons (Fsp3) is 0.273.